The topological polar surface area (TPSA) is 81.8 Å². The van der Waals surface area contributed by atoms with Crippen molar-refractivity contribution in [2.45, 2.75) is 50.0 Å². The first-order valence-electron chi connectivity index (χ1n) is 11.7. The summed E-state index contributed by atoms with van der Waals surface area (Å²) in [7, 11) is 0. The number of hydrogen-bond acceptors (Lipinski definition) is 3. The Balaban J connectivity index is 1.54. The van der Waals surface area contributed by atoms with Gasteiger partial charge in [0.2, 0.25) is 0 Å². The van der Waals surface area contributed by atoms with Crippen LogP contribution in [0.5, 0.6) is 0 Å². The fraction of sp³-hybridized carbons (Fsp3) is 0.333. The highest BCUT2D eigenvalue weighted by atomic mass is 32.2. The molecule has 0 aliphatic carbocycles. The lowest BCUT2D eigenvalue weighted by atomic mass is 9.87. The van der Waals surface area contributed by atoms with Crippen molar-refractivity contribution in [1.29, 1.82) is 0 Å². The molecule has 170 valence electrons. The Morgan fingerprint density at radius 3 is 2.91 bits per heavy atom. The van der Waals surface area contributed by atoms with Crippen LogP contribution in [0.3, 0.4) is 0 Å². The van der Waals surface area contributed by atoms with Crippen LogP contribution < -0.4 is 0 Å². The van der Waals surface area contributed by atoms with Crippen molar-refractivity contribution in [3.05, 3.63) is 71.5 Å². The van der Waals surface area contributed by atoms with E-state index in [-0.39, 0.29) is 5.92 Å². The lowest BCUT2D eigenvalue weighted by Gasteiger charge is -2.17. The Kier molecular flexibility index (Phi) is 6.53. The van der Waals surface area contributed by atoms with E-state index in [4.69, 9.17) is 0 Å². The molecule has 0 saturated heterocycles. The van der Waals surface area contributed by atoms with Crippen molar-refractivity contribution >= 4 is 28.6 Å². The molecular weight excluding hydrogens is 430 g/mol. The second-order valence-electron chi connectivity index (χ2n) is 8.91. The summed E-state index contributed by atoms with van der Waals surface area (Å²) in [5.41, 5.74) is 5.69. The maximum Gasteiger partial charge on any atom is 0.306 e. The van der Waals surface area contributed by atoms with Crippen LogP contribution in [0.1, 0.15) is 48.8 Å². The Labute approximate surface area is 198 Å². The Morgan fingerprint density at radius 2 is 2.00 bits per heavy atom. The molecular formula is C27H29N3O2S. The normalized spacial score (nSPS) is 17.8. The highest BCUT2D eigenvalue weighted by Crippen LogP contribution is 2.30. The first-order chi connectivity index (χ1) is 16.2. The van der Waals surface area contributed by atoms with Gasteiger partial charge in [-0.05, 0) is 66.3 Å². The molecule has 0 radical (unpaired) electrons. The maximum atomic E-state index is 12.1. The molecule has 6 heteroatoms. The number of benzene rings is 2. The van der Waals surface area contributed by atoms with Gasteiger partial charge in [-0.15, -0.1) is 11.8 Å². The van der Waals surface area contributed by atoms with Gasteiger partial charge in [0.1, 0.15) is 5.82 Å². The number of imidazole rings is 1. The van der Waals surface area contributed by atoms with Crippen molar-refractivity contribution in [3.63, 3.8) is 0 Å². The minimum Gasteiger partial charge on any atom is -0.481 e. The number of aromatic amines is 2. The fourth-order valence-electron chi connectivity index (χ4n) is 4.81. The summed E-state index contributed by atoms with van der Waals surface area (Å²) in [6.45, 7) is 0. The second kappa shape index (κ2) is 9.87. The smallest absolute Gasteiger partial charge is 0.306 e. The Morgan fingerprint density at radius 1 is 1.09 bits per heavy atom. The van der Waals surface area contributed by atoms with Crippen LogP contribution in [0.25, 0.3) is 22.3 Å². The minimum atomic E-state index is -0.687. The van der Waals surface area contributed by atoms with Crippen molar-refractivity contribution in [3.8, 4) is 11.4 Å². The zero-order chi connectivity index (χ0) is 22.6. The van der Waals surface area contributed by atoms with Gasteiger partial charge in [-0.25, -0.2) is 4.98 Å². The number of carbonyl (C=O) groups is 1. The molecule has 0 amide bonds. The van der Waals surface area contributed by atoms with Crippen LogP contribution in [0.15, 0.2) is 59.9 Å². The van der Waals surface area contributed by atoms with E-state index in [9.17, 15) is 9.90 Å². The minimum absolute atomic E-state index is 0.358. The molecule has 0 spiro atoms. The van der Waals surface area contributed by atoms with E-state index in [0.717, 1.165) is 77.2 Å². The summed E-state index contributed by atoms with van der Waals surface area (Å²) in [6, 6.07) is 14.8. The quantitative estimate of drug-likeness (QED) is 0.306. The molecule has 2 aromatic heterocycles. The molecule has 3 heterocycles. The molecule has 1 atom stereocenters. The molecule has 3 N–H and O–H groups in total. The third kappa shape index (κ3) is 5.01. The van der Waals surface area contributed by atoms with Gasteiger partial charge in [-0.1, -0.05) is 43.5 Å². The zero-order valence-corrected chi connectivity index (χ0v) is 19.5. The van der Waals surface area contributed by atoms with Gasteiger partial charge in [-0.3, -0.25) is 4.79 Å². The lowest BCUT2D eigenvalue weighted by molar-refractivity contribution is -0.142. The Hall–Kier alpha value is -2.99. The van der Waals surface area contributed by atoms with Crippen LogP contribution >= 0.6 is 11.8 Å². The van der Waals surface area contributed by atoms with E-state index in [2.05, 4.69) is 57.4 Å². The van der Waals surface area contributed by atoms with Crippen LogP contribution in [-0.4, -0.2) is 31.8 Å². The predicted molar refractivity (Wildman–Crippen MR) is 134 cm³/mol. The average Bonchev–Trinajstić information content (AvgIpc) is 3.48. The van der Waals surface area contributed by atoms with E-state index < -0.39 is 5.97 Å². The monoisotopic (exact) mass is 459 g/mol. The van der Waals surface area contributed by atoms with E-state index >= 15 is 0 Å². The molecule has 0 saturated carbocycles. The van der Waals surface area contributed by atoms with Crippen molar-refractivity contribution in [2.75, 3.05) is 5.75 Å². The van der Waals surface area contributed by atoms with Crippen LogP contribution in [0.2, 0.25) is 0 Å². The number of carboxylic acids is 1. The third-order valence-electron chi connectivity index (χ3n) is 6.59. The summed E-state index contributed by atoms with van der Waals surface area (Å²) in [5, 5.41) is 12.2. The number of aliphatic carboxylic acids is 1. The second-order valence-corrected chi connectivity index (χ2v) is 10.0. The third-order valence-corrected chi connectivity index (χ3v) is 7.61. The summed E-state index contributed by atoms with van der Waals surface area (Å²) in [6.07, 6.45) is 10.2. The first kappa shape index (κ1) is 21.8. The molecule has 4 aromatic rings. The molecule has 4 bridgehead atoms. The average molecular weight is 460 g/mol. The van der Waals surface area contributed by atoms with Gasteiger partial charge in [-0.2, -0.15) is 0 Å². The van der Waals surface area contributed by atoms with Crippen molar-refractivity contribution < 1.29 is 9.90 Å². The molecule has 2 aromatic carbocycles. The van der Waals surface area contributed by atoms with E-state index in [1.807, 2.05) is 24.2 Å². The number of nitrogens with one attached hydrogen (secondary N) is 2. The zero-order valence-electron chi connectivity index (χ0n) is 18.6. The maximum absolute atomic E-state index is 12.1. The fourth-order valence-corrected chi connectivity index (χ4v) is 5.67. The summed E-state index contributed by atoms with van der Waals surface area (Å²) >= 11 is 1.81. The first-order valence-corrected chi connectivity index (χ1v) is 12.7. The van der Waals surface area contributed by atoms with Gasteiger partial charge < -0.3 is 15.1 Å². The predicted octanol–water partition coefficient (Wildman–Crippen LogP) is 6.45. The molecule has 1 aliphatic heterocycles. The van der Waals surface area contributed by atoms with Gasteiger partial charge in [0, 0.05) is 22.7 Å². The van der Waals surface area contributed by atoms with Crippen molar-refractivity contribution in [2.24, 2.45) is 5.92 Å². The van der Waals surface area contributed by atoms with Gasteiger partial charge in [0.15, 0.2) is 0 Å². The number of rotatable bonds is 1. The van der Waals surface area contributed by atoms with Crippen LogP contribution in [0, 0.1) is 5.92 Å². The molecule has 1 unspecified atom stereocenters. The number of nitrogens with zero attached hydrogens (tertiary/aromatic N) is 1. The molecule has 1 aliphatic rings. The number of fused-ring (bicyclic) bond motifs is 8. The van der Waals surface area contributed by atoms with Crippen LogP contribution in [0.4, 0.5) is 0 Å². The van der Waals surface area contributed by atoms with Gasteiger partial charge in [0.25, 0.3) is 0 Å². The molecule has 0 fully saturated rings. The molecule has 33 heavy (non-hydrogen) atoms. The number of carboxylic acid groups (broad SMARTS) is 1. The van der Waals surface area contributed by atoms with E-state index in [0.29, 0.717) is 6.42 Å². The number of thioether (sulfide) groups is 1. The number of aromatic nitrogens is 3. The van der Waals surface area contributed by atoms with Gasteiger partial charge in [0.05, 0.1) is 17.1 Å². The SMILES string of the molecule is O=C(O)C1CCCCCCSc2cnc([nH]2)-c2cccc(c2)Cc2ccc3[nH]ccc3c2C1. The number of hydrogen-bond donors (Lipinski definition) is 3. The standard InChI is InChI=1S/C27H29N3O2S/c31-27(32)21-7-3-1-2-4-13-33-25-17-29-26(30-25)20-8-5-6-18(15-20)14-19-9-10-24-22(11-12-28-24)23(19)16-21/h5-6,8-12,15,17,21,28H,1-4,7,13-14,16H2,(H,29,30)(H,31,32). The highest BCUT2D eigenvalue weighted by molar-refractivity contribution is 7.99. The summed E-state index contributed by atoms with van der Waals surface area (Å²) in [4.78, 5) is 23.5. The lowest BCUT2D eigenvalue weighted by Crippen LogP contribution is -2.17. The molecule has 5 rings (SSSR count). The van der Waals surface area contributed by atoms with E-state index in [1.54, 1.807) is 0 Å². The van der Waals surface area contributed by atoms with E-state index in [1.165, 1.54) is 11.1 Å². The van der Waals surface area contributed by atoms with Crippen LogP contribution in [-0.2, 0) is 17.6 Å². The number of H-pyrrole nitrogens is 2. The summed E-state index contributed by atoms with van der Waals surface area (Å²) < 4.78 is 0. The molecule has 5 nitrogen and oxygen atoms in total. The Bertz CT molecular complexity index is 1260. The van der Waals surface area contributed by atoms with Crippen molar-refractivity contribution in [1.82, 2.24) is 15.0 Å². The highest BCUT2D eigenvalue weighted by Gasteiger charge is 2.21. The van der Waals surface area contributed by atoms with Gasteiger partial charge >= 0.3 is 5.97 Å². The largest absolute Gasteiger partial charge is 0.481 e. The summed E-state index contributed by atoms with van der Waals surface area (Å²) in [5.74, 6) is 0.896.